The second-order valence-electron chi connectivity index (χ2n) is 6.66. The number of nitrogens with zero attached hydrogens (tertiary/aromatic N) is 3. The van der Waals surface area contributed by atoms with Crippen molar-refractivity contribution in [3.8, 4) is 11.5 Å². The Hall–Kier alpha value is -3.43. The number of hydrogen-bond acceptors (Lipinski definition) is 4. The molecule has 2 amide bonds. The lowest BCUT2D eigenvalue weighted by molar-refractivity contribution is 0.182. The molecular weight excluding hydrogens is 392 g/mol. The molecule has 6 nitrogen and oxygen atoms in total. The third kappa shape index (κ3) is 3.53. The SMILES string of the molecule is C[C@@H]1Cc2noc(-c3ccc(F)cn3)c2CN1C(=O)Nc1cc(F)c(F)c(F)c1. The van der Waals surface area contributed by atoms with E-state index in [1.54, 1.807) is 6.92 Å². The number of halogens is 4. The van der Waals surface area contributed by atoms with Crippen molar-refractivity contribution in [1.82, 2.24) is 15.0 Å². The Morgan fingerprint density at radius 1 is 1.21 bits per heavy atom. The van der Waals surface area contributed by atoms with Crippen molar-refractivity contribution in [1.29, 1.82) is 0 Å². The number of benzene rings is 1. The predicted molar refractivity (Wildman–Crippen MR) is 93.7 cm³/mol. The van der Waals surface area contributed by atoms with Crippen LogP contribution in [0.1, 0.15) is 18.2 Å². The maximum atomic E-state index is 13.4. The number of aromatic nitrogens is 2. The second-order valence-corrected chi connectivity index (χ2v) is 6.66. The number of hydrogen-bond donors (Lipinski definition) is 1. The Bertz CT molecular complexity index is 1060. The molecule has 0 bridgehead atoms. The van der Waals surface area contributed by atoms with Gasteiger partial charge in [-0.1, -0.05) is 5.16 Å². The first-order valence-corrected chi connectivity index (χ1v) is 8.65. The largest absolute Gasteiger partial charge is 0.354 e. The first kappa shape index (κ1) is 18.9. The Kier molecular flexibility index (Phi) is 4.69. The van der Waals surface area contributed by atoms with E-state index in [0.29, 0.717) is 41.3 Å². The summed E-state index contributed by atoms with van der Waals surface area (Å²) in [6, 6.07) is 3.13. The molecule has 0 aliphatic carbocycles. The van der Waals surface area contributed by atoms with Crippen molar-refractivity contribution in [2.45, 2.75) is 25.9 Å². The highest BCUT2D eigenvalue weighted by atomic mass is 19.2. The van der Waals surface area contributed by atoms with E-state index in [2.05, 4.69) is 15.5 Å². The summed E-state index contributed by atoms with van der Waals surface area (Å²) >= 11 is 0. The topological polar surface area (TPSA) is 71.3 Å². The molecule has 0 spiro atoms. The number of anilines is 1. The van der Waals surface area contributed by atoms with E-state index in [1.165, 1.54) is 17.0 Å². The first-order chi connectivity index (χ1) is 13.8. The molecule has 4 rings (SSSR count). The average molecular weight is 406 g/mol. The van der Waals surface area contributed by atoms with Gasteiger partial charge >= 0.3 is 6.03 Å². The van der Waals surface area contributed by atoms with Crippen molar-refractivity contribution >= 4 is 11.7 Å². The van der Waals surface area contributed by atoms with E-state index in [1.807, 2.05) is 0 Å². The number of fused-ring (bicyclic) bond motifs is 1. The highest BCUT2D eigenvalue weighted by molar-refractivity contribution is 5.89. The van der Waals surface area contributed by atoms with Gasteiger partial charge in [-0.25, -0.2) is 27.3 Å². The minimum absolute atomic E-state index is 0.0897. The summed E-state index contributed by atoms with van der Waals surface area (Å²) in [7, 11) is 0. The average Bonchev–Trinajstić information content (AvgIpc) is 3.08. The zero-order valence-electron chi connectivity index (χ0n) is 15.0. The van der Waals surface area contributed by atoms with Gasteiger partial charge in [-0.05, 0) is 19.1 Å². The Balaban J connectivity index is 1.59. The molecule has 150 valence electrons. The normalized spacial score (nSPS) is 15.9. The van der Waals surface area contributed by atoms with E-state index in [0.717, 1.165) is 6.20 Å². The molecule has 0 saturated heterocycles. The molecule has 0 unspecified atom stereocenters. The molecule has 1 aliphatic rings. The van der Waals surface area contributed by atoms with Gasteiger partial charge in [-0.2, -0.15) is 0 Å². The summed E-state index contributed by atoms with van der Waals surface area (Å²) in [6.07, 6.45) is 1.41. The summed E-state index contributed by atoms with van der Waals surface area (Å²) < 4.78 is 58.4. The van der Waals surface area contributed by atoms with Crippen LogP contribution in [-0.4, -0.2) is 27.1 Å². The monoisotopic (exact) mass is 406 g/mol. The predicted octanol–water partition coefficient (Wildman–Crippen LogP) is 4.27. The number of carbonyl (C=O) groups is 1. The summed E-state index contributed by atoms with van der Waals surface area (Å²) in [5, 5.41) is 6.37. The lowest BCUT2D eigenvalue weighted by Gasteiger charge is -2.32. The summed E-state index contributed by atoms with van der Waals surface area (Å²) in [5.41, 5.74) is 1.39. The lowest BCUT2D eigenvalue weighted by Crippen LogP contribution is -2.44. The molecule has 2 aromatic heterocycles. The second kappa shape index (κ2) is 7.19. The van der Waals surface area contributed by atoms with Gasteiger partial charge in [0.15, 0.2) is 23.2 Å². The number of carbonyl (C=O) groups excluding carboxylic acids is 1. The van der Waals surface area contributed by atoms with Crippen molar-refractivity contribution in [3.63, 3.8) is 0 Å². The van der Waals surface area contributed by atoms with Gasteiger partial charge in [0.2, 0.25) is 0 Å². The fourth-order valence-electron chi connectivity index (χ4n) is 3.19. The third-order valence-corrected chi connectivity index (χ3v) is 4.67. The molecule has 1 N–H and O–H groups in total. The summed E-state index contributed by atoms with van der Waals surface area (Å²) in [6.45, 7) is 1.87. The third-order valence-electron chi connectivity index (χ3n) is 4.67. The molecule has 1 atom stereocenters. The molecule has 1 aromatic carbocycles. The van der Waals surface area contributed by atoms with Crippen LogP contribution < -0.4 is 5.32 Å². The quantitative estimate of drug-likeness (QED) is 0.510. The van der Waals surface area contributed by atoms with Crippen LogP contribution >= 0.6 is 0 Å². The standard InChI is InChI=1S/C19H14F4N4O2/c1-9-4-16-12(18(29-26-16)15-3-2-10(20)7-24-15)8-27(9)19(28)25-11-5-13(21)17(23)14(22)6-11/h2-3,5-7,9H,4,8H2,1H3,(H,25,28)/t9-/m1/s1. The Labute approximate surface area is 162 Å². The molecular formula is C19H14F4N4O2. The van der Waals surface area contributed by atoms with E-state index in [-0.39, 0.29) is 18.3 Å². The van der Waals surface area contributed by atoms with Crippen LogP contribution in [0.15, 0.2) is 35.0 Å². The van der Waals surface area contributed by atoms with E-state index >= 15 is 0 Å². The first-order valence-electron chi connectivity index (χ1n) is 8.65. The highest BCUT2D eigenvalue weighted by Crippen LogP contribution is 2.32. The summed E-state index contributed by atoms with van der Waals surface area (Å²) in [5.74, 6) is -4.62. The molecule has 3 heterocycles. The van der Waals surface area contributed by atoms with Gasteiger partial charge in [-0.3, -0.25) is 0 Å². The zero-order valence-corrected chi connectivity index (χ0v) is 15.0. The van der Waals surface area contributed by atoms with Crippen LogP contribution in [0.25, 0.3) is 11.5 Å². The van der Waals surface area contributed by atoms with Crippen LogP contribution in [-0.2, 0) is 13.0 Å². The van der Waals surface area contributed by atoms with Crippen LogP contribution in [0.2, 0.25) is 0 Å². The number of amides is 2. The molecule has 0 saturated carbocycles. The van der Waals surface area contributed by atoms with Gasteiger partial charge in [0.25, 0.3) is 0 Å². The van der Waals surface area contributed by atoms with Crippen molar-refractivity contribution in [3.05, 3.63) is 65.0 Å². The lowest BCUT2D eigenvalue weighted by atomic mass is 9.99. The minimum Gasteiger partial charge on any atom is -0.354 e. The van der Waals surface area contributed by atoms with Gasteiger partial charge in [0, 0.05) is 35.8 Å². The van der Waals surface area contributed by atoms with Gasteiger partial charge in [0.05, 0.1) is 18.4 Å². The van der Waals surface area contributed by atoms with E-state index < -0.39 is 29.3 Å². The van der Waals surface area contributed by atoms with E-state index in [9.17, 15) is 22.4 Å². The van der Waals surface area contributed by atoms with Crippen molar-refractivity contribution in [2.75, 3.05) is 5.32 Å². The molecule has 10 heteroatoms. The molecule has 29 heavy (non-hydrogen) atoms. The maximum absolute atomic E-state index is 13.4. The minimum atomic E-state index is -1.61. The van der Waals surface area contributed by atoms with Crippen LogP contribution in [0, 0.1) is 23.3 Å². The van der Waals surface area contributed by atoms with Crippen LogP contribution in [0.3, 0.4) is 0 Å². The number of pyridine rings is 1. The highest BCUT2D eigenvalue weighted by Gasteiger charge is 2.32. The van der Waals surface area contributed by atoms with Gasteiger partial charge < -0.3 is 14.7 Å². The van der Waals surface area contributed by atoms with Crippen LogP contribution in [0.5, 0.6) is 0 Å². The zero-order chi connectivity index (χ0) is 20.7. The fraction of sp³-hybridized carbons (Fsp3) is 0.211. The summed E-state index contributed by atoms with van der Waals surface area (Å²) in [4.78, 5) is 18.1. The fourth-order valence-corrected chi connectivity index (χ4v) is 3.19. The van der Waals surface area contributed by atoms with Crippen molar-refractivity contribution in [2.24, 2.45) is 0 Å². The molecule has 0 radical (unpaired) electrons. The maximum Gasteiger partial charge on any atom is 0.322 e. The number of nitrogens with one attached hydrogen (secondary N) is 1. The van der Waals surface area contributed by atoms with Crippen molar-refractivity contribution < 1.29 is 26.9 Å². The number of urea groups is 1. The molecule has 3 aromatic rings. The van der Waals surface area contributed by atoms with E-state index in [4.69, 9.17) is 4.52 Å². The molecule has 0 fully saturated rings. The smallest absolute Gasteiger partial charge is 0.322 e. The Morgan fingerprint density at radius 3 is 2.59 bits per heavy atom. The van der Waals surface area contributed by atoms with Gasteiger partial charge in [0.1, 0.15) is 11.5 Å². The number of rotatable bonds is 2. The Morgan fingerprint density at radius 2 is 1.93 bits per heavy atom. The van der Waals surface area contributed by atoms with Gasteiger partial charge in [-0.15, -0.1) is 0 Å². The molecule has 1 aliphatic heterocycles. The van der Waals surface area contributed by atoms with Crippen LogP contribution in [0.4, 0.5) is 28.0 Å².